The third-order valence-corrected chi connectivity index (χ3v) is 5.36. The summed E-state index contributed by atoms with van der Waals surface area (Å²) in [6.07, 6.45) is 0. The molecule has 0 fully saturated rings. The first-order chi connectivity index (χ1) is 15.3. The monoisotopic (exact) mass is 427 g/mol. The standard InChI is InChI=1S/C27H25NO4/c1-17-14-20(8-11-24(17)30)28(21-9-12-25(31)18(2)15-21)23-6-4-5-7-27(23)32-26-13-10-22(29)16-19(26)3/h4-16,29-31H,1-3H3. The molecule has 0 aliphatic carbocycles. The molecule has 32 heavy (non-hydrogen) atoms. The van der Waals surface area contributed by atoms with Crippen molar-refractivity contribution >= 4 is 17.1 Å². The van der Waals surface area contributed by atoms with E-state index in [0.29, 0.717) is 11.5 Å². The van der Waals surface area contributed by atoms with Crippen LogP contribution < -0.4 is 9.64 Å². The zero-order valence-corrected chi connectivity index (χ0v) is 18.2. The second kappa shape index (κ2) is 8.55. The molecule has 0 spiro atoms. The van der Waals surface area contributed by atoms with Gasteiger partial charge in [-0.25, -0.2) is 0 Å². The van der Waals surface area contributed by atoms with Gasteiger partial charge in [-0.1, -0.05) is 12.1 Å². The summed E-state index contributed by atoms with van der Waals surface area (Å²) in [6.45, 7) is 5.57. The Kier molecular flexibility index (Phi) is 5.65. The van der Waals surface area contributed by atoms with Gasteiger partial charge < -0.3 is 25.0 Å². The van der Waals surface area contributed by atoms with Gasteiger partial charge in [-0.3, -0.25) is 0 Å². The number of ether oxygens (including phenoxy) is 1. The van der Waals surface area contributed by atoms with Gasteiger partial charge in [0.2, 0.25) is 0 Å². The van der Waals surface area contributed by atoms with Gasteiger partial charge in [0, 0.05) is 11.4 Å². The average molecular weight is 428 g/mol. The van der Waals surface area contributed by atoms with Crippen molar-refractivity contribution < 1.29 is 20.1 Å². The predicted octanol–water partition coefficient (Wildman–Crippen LogP) is 6.99. The quantitative estimate of drug-likeness (QED) is 0.320. The van der Waals surface area contributed by atoms with E-state index >= 15 is 0 Å². The molecule has 4 rings (SSSR count). The molecule has 0 aliphatic rings. The number of phenols is 3. The van der Waals surface area contributed by atoms with Crippen molar-refractivity contribution in [3.63, 3.8) is 0 Å². The van der Waals surface area contributed by atoms with Crippen molar-refractivity contribution in [1.82, 2.24) is 0 Å². The summed E-state index contributed by atoms with van der Waals surface area (Å²) in [7, 11) is 0. The second-order valence-electron chi connectivity index (χ2n) is 7.80. The van der Waals surface area contributed by atoms with Crippen molar-refractivity contribution in [1.29, 1.82) is 0 Å². The van der Waals surface area contributed by atoms with E-state index in [1.165, 1.54) is 0 Å². The van der Waals surface area contributed by atoms with Gasteiger partial charge in [0.25, 0.3) is 0 Å². The lowest BCUT2D eigenvalue weighted by Gasteiger charge is -2.28. The van der Waals surface area contributed by atoms with Crippen LogP contribution in [-0.4, -0.2) is 15.3 Å². The molecule has 4 aromatic carbocycles. The second-order valence-corrected chi connectivity index (χ2v) is 7.80. The van der Waals surface area contributed by atoms with E-state index in [1.54, 1.807) is 30.3 Å². The lowest BCUT2D eigenvalue weighted by molar-refractivity contribution is 0.462. The molecule has 5 heteroatoms. The number of anilines is 3. The molecule has 0 radical (unpaired) electrons. The molecule has 5 nitrogen and oxygen atoms in total. The molecule has 4 aromatic rings. The summed E-state index contributed by atoms with van der Waals surface area (Å²) in [4.78, 5) is 2.02. The number of para-hydroxylation sites is 2. The SMILES string of the molecule is Cc1cc(N(c2ccc(O)c(C)c2)c2ccccc2Oc2ccc(O)cc2C)ccc1O. The van der Waals surface area contributed by atoms with Crippen molar-refractivity contribution in [3.8, 4) is 28.7 Å². The number of nitrogens with zero attached hydrogens (tertiary/aromatic N) is 1. The maximum absolute atomic E-state index is 10.1. The average Bonchev–Trinajstić information content (AvgIpc) is 2.76. The molecule has 3 N–H and O–H groups in total. The van der Waals surface area contributed by atoms with Crippen molar-refractivity contribution in [2.24, 2.45) is 0 Å². The van der Waals surface area contributed by atoms with Crippen LogP contribution >= 0.6 is 0 Å². The summed E-state index contributed by atoms with van der Waals surface area (Å²) >= 11 is 0. The number of rotatable bonds is 5. The highest BCUT2D eigenvalue weighted by molar-refractivity contribution is 5.81. The van der Waals surface area contributed by atoms with Crippen LogP contribution in [-0.2, 0) is 0 Å². The fourth-order valence-corrected chi connectivity index (χ4v) is 3.58. The van der Waals surface area contributed by atoms with E-state index in [-0.39, 0.29) is 17.2 Å². The van der Waals surface area contributed by atoms with Crippen molar-refractivity contribution in [2.45, 2.75) is 20.8 Å². The molecule has 0 atom stereocenters. The Morgan fingerprint density at radius 2 is 1.19 bits per heavy atom. The van der Waals surface area contributed by atoms with Gasteiger partial charge in [-0.15, -0.1) is 0 Å². The van der Waals surface area contributed by atoms with Crippen LogP contribution in [0.15, 0.2) is 78.9 Å². The van der Waals surface area contributed by atoms with E-state index in [1.807, 2.05) is 74.2 Å². The van der Waals surface area contributed by atoms with Gasteiger partial charge in [-0.05, 0) is 104 Å². The molecule has 162 valence electrons. The third-order valence-electron chi connectivity index (χ3n) is 5.36. The first-order valence-corrected chi connectivity index (χ1v) is 10.3. The molecule has 0 bridgehead atoms. The summed E-state index contributed by atoms with van der Waals surface area (Å²) in [6, 6.07) is 23.5. The Bertz CT molecular complexity index is 1230. The van der Waals surface area contributed by atoms with E-state index in [4.69, 9.17) is 4.74 Å². The molecule has 0 amide bonds. The van der Waals surface area contributed by atoms with Gasteiger partial charge >= 0.3 is 0 Å². The van der Waals surface area contributed by atoms with Crippen LogP contribution in [0.4, 0.5) is 17.1 Å². The highest BCUT2D eigenvalue weighted by atomic mass is 16.5. The molecular formula is C27H25NO4. The lowest BCUT2D eigenvalue weighted by atomic mass is 10.1. The van der Waals surface area contributed by atoms with E-state index < -0.39 is 0 Å². The van der Waals surface area contributed by atoms with Crippen molar-refractivity contribution in [2.75, 3.05) is 4.90 Å². The fraction of sp³-hybridized carbons (Fsp3) is 0.111. The molecule has 0 unspecified atom stereocenters. The van der Waals surface area contributed by atoms with E-state index in [2.05, 4.69) is 0 Å². The number of aryl methyl sites for hydroxylation is 3. The smallest absolute Gasteiger partial charge is 0.151 e. The molecule has 0 aliphatic heterocycles. The zero-order chi connectivity index (χ0) is 22.8. The van der Waals surface area contributed by atoms with E-state index in [9.17, 15) is 15.3 Å². The van der Waals surface area contributed by atoms with E-state index in [0.717, 1.165) is 33.8 Å². The maximum Gasteiger partial charge on any atom is 0.151 e. The normalized spacial score (nSPS) is 10.7. The topological polar surface area (TPSA) is 73.2 Å². The van der Waals surface area contributed by atoms with Crippen LogP contribution in [0.1, 0.15) is 16.7 Å². The summed E-state index contributed by atoms with van der Waals surface area (Å²) in [5, 5.41) is 29.8. The number of hydrogen-bond donors (Lipinski definition) is 3. The van der Waals surface area contributed by atoms with Gasteiger partial charge in [0.15, 0.2) is 5.75 Å². The molecule has 0 aromatic heterocycles. The van der Waals surface area contributed by atoms with Crippen LogP contribution in [0.25, 0.3) is 0 Å². The largest absolute Gasteiger partial charge is 0.508 e. The predicted molar refractivity (Wildman–Crippen MR) is 127 cm³/mol. The summed E-state index contributed by atoms with van der Waals surface area (Å²) in [5.41, 5.74) is 4.77. The minimum absolute atomic E-state index is 0.184. The Balaban J connectivity index is 1.88. The van der Waals surface area contributed by atoms with Crippen LogP contribution in [0.3, 0.4) is 0 Å². The maximum atomic E-state index is 10.1. The summed E-state index contributed by atoms with van der Waals surface area (Å²) in [5.74, 6) is 1.89. The van der Waals surface area contributed by atoms with Gasteiger partial charge in [0.05, 0.1) is 5.69 Å². The Labute approximate surface area is 187 Å². The third kappa shape index (κ3) is 4.18. The lowest BCUT2D eigenvalue weighted by Crippen LogP contribution is -2.11. The molecule has 0 heterocycles. The Hall–Kier alpha value is -4.12. The highest BCUT2D eigenvalue weighted by Gasteiger charge is 2.19. The number of aromatic hydroxyl groups is 3. The highest BCUT2D eigenvalue weighted by Crippen LogP contribution is 2.43. The van der Waals surface area contributed by atoms with Crippen LogP contribution in [0.2, 0.25) is 0 Å². The Morgan fingerprint density at radius 1 is 0.594 bits per heavy atom. The number of benzene rings is 4. The Morgan fingerprint density at radius 3 is 1.75 bits per heavy atom. The molecular weight excluding hydrogens is 402 g/mol. The van der Waals surface area contributed by atoms with Gasteiger partial charge in [-0.2, -0.15) is 0 Å². The van der Waals surface area contributed by atoms with Gasteiger partial charge in [0.1, 0.15) is 23.0 Å². The number of phenolic OH excluding ortho intramolecular Hbond substituents is 3. The van der Waals surface area contributed by atoms with Crippen molar-refractivity contribution in [3.05, 3.63) is 95.6 Å². The first kappa shape index (κ1) is 21.1. The van der Waals surface area contributed by atoms with Crippen LogP contribution in [0, 0.1) is 20.8 Å². The first-order valence-electron chi connectivity index (χ1n) is 10.3. The minimum atomic E-state index is 0.184. The van der Waals surface area contributed by atoms with Crippen LogP contribution in [0.5, 0.6) is 28.7 Å². The molecule has 0 saturated carbocycles. The zero-order valence-electron chi connectivity index (χ0n) is 18.2. The number of hydrogen-bond acceptors (Lipinski definition) is 5. The summed E-state index contributed by atoms with van der Waals surface area (Å²) < 4.78 is 6.28. The molecule has 0 saturated heterocycles. The minimum Gasteiger partial charge on any atom is -0.508 e. The fourth-order valence-electron chi connectivity index (χ4n) is 3.58.